The summed E-state index contributed by atoms with van der Waals surface area (Å²) in [5.41, 5.74) is -0.769. The Hall–Kier alpha value is -1.14. The monoisotopic (exact) mass is 295 g/mol. The normalized spacial score (nSPS) is 30.6. The number of carbonyl (C=O) groups excluding carboxylic acids is 2. The van der Waals surface area contributed by atoms with Crippen LogP contribution >= 0.6 is 0 Å². The molecule has 0 aromatic rings. The van der Waals surface area contributed by atoms with Gasteiger partial charge in [0.2, 0.25) is 11.8 Å². The molecule has 1 N–H and O–H groups in total. The van der Waals surface area contributed by atoms with E-state index in [2.05, 4.69) is 4.90 Å². The van der Waals surface area contributed by atoms with E-state index in [-0.39, 0.29) is 18.4 Å². The van der Waals surface area contributed by atoms with Crippen LogP contribution in [-0.2, 0) is 9.59 Å². The molecule has 21 heavy (non-hydrogen) atoms. The van der Waals surface area contributed by atoms with Gasteiger partial charge in [-0.25, -0.2) is 0 Å². The van der Waals surface area contributed by atoms with Gasteiger partial charge in [0, 0.05) is 26.1 Å². The van der Waals surface area contributed by atoms with Crippen LogP contribution in [-0.4, -0.2) is 83.0 Å². The molecule has 6 heteroatoms. The van der Waals surface area contributed by atoms with Crippen molar-refractivity contribution in [3.05, 3.63) is 0 Å². The minimum atomic E-state index is -0.769. The van der Waals surface area contributed by atoms with E-state index in [1.54, 1.807) is 9.80 Å². The van der Waals surface area contributed by atoms with Crippen molar-refractivity contribution in [3.63, 3.8) is 0 Å². The van der Waals surface area contributed by atoms with Gasteiger partial charge in [0.25, 0.3) is 0 Å². The third-order valence-electron chi connectivity index (χ3n) is 4.90. The van der Waals surface area contributed by atoms with Crippen LogP contribution in [0.15, 0.2) is 0 Å². The lowest BCUT2D eigenvalue weighted by Crippen LogP contribution is -2.46. The Morgan fingerprint density at radius 1 is 1.14 bits per heavy atom. The maximum absolute atomic E-state index is 12.3. The molecule has 0 aliphatic carbocycles. The minimum absolute atomic E-state index is 0.0254. The standard InChI is InChI=1S/C15H25N3O3/c19-13-4-3-8-17(13)10-14(20)18-9-5-15(21,12-18)11-16-6-1-2-7-16/h21H,1-12H2/t15-/m0/s1. The lowest BCUT2D eigenvalue weighted by atomic mass is 10.0. The Morgan fingerprint density at radius 2 is 1.90 bits per heavy atom. The molecule has 0 bridgehead atoms. The van der Waals surface area contributed by atoms with Gasteiger partial charge in [-0.1, -0.05) is 0 Å². The molecule has 6 nitrogen and oxygen atoms in total. The molecular formula is C15H25N3O3. The molecule has 0 aromatic carbocycles. The predicted molar refractivity (Wildman–Crippen MR) is 77.6 cm³/mol. The molecule has 0 radical (unpaired) electrons. The first-order valence-electron chi connectivity index (χ1n) is 8.06. The van der Waals surface area contributed by atoms with E-state index < -0.39 is 5.60 Å². The van der Waals surface area contributed by atoms with Crippen LogP contribution in [0.1, 0.15) is 32.1 Å². The number of carbonyl (C=O) groups is 2. The molecule has 3 saturated heterocycles. The van der Waals surface area contributed by atoms with Crippen LogP contribution in [0.2, 0.25) is 0 Å². The van der Waals surface area contributed by atoms with Crippen LogP contribution in [0.25, 0.3) is 0 Å². The van der Waals surface area contributed by atoms with Crippen molar-refractivity contribution in [2.75, 3.05) is 45.8 Å². The van der Waals surface area contributed by atoms with Crippen LogP contribution in [0, 0.1) is 0 Å². The van der Waals surface area contributed by atoms with Gasteiger partial charge in [-0.05, 0) is 38.8 Å². The van der Waals surface area contributed by atoms with E-state index >= 15 is 0 Å². The first-order valence-corrected chi connectivity index (χ1v) is 8.06. The average Bonchev–Trinajstić information content (AvgIpc) is 3.14. The molecule has 2 amide bonds. The van der Waals surface area contributed by atoms with Crippen molar-refractivity contribution >= 4 is 11.8 Å². The van der Waals surface area contributed by atoms with Gasteiger partial charge in [-0.3, -0.25) is 9.59 Å². The van der Waals surface area contributed by atoms with Gasteiger partial charge in [0.15, 0.2) is 0 Å². The van der Waals surface area contributed by atoms with Crippen molar-refractivity contribution in [1.82, 2.24) is 14.7 Å². The van der Waals surface area contributed by atoms with Crippen molar-refractivity contribution in [2.45, 2.75) is 37.7 Å². The topological polar surface area (TPSA) is 64.1 Å². The third kappa shape index (κ3) is 3.37. The summed E-state index contributed by atoms with van der Waals surface area (Å²) in [6, 6.07) is 0. The number of nitrogens with zero attached hydrogens (tertiary/aromatic N) is 3. The lowest BCUT2D eigenvalue weighted by molar-refractivity contribution is -0.138. The summed E-state index contributed by atoms with van der Waals surface area (Å²) in [4.78, 5) is 29.5. The number of hydrogen-bond donors (Lipinski definition) is 1. The molecule has 0 aromatic heterocycles. The number of amides is 2. The summed E-state index contributed by atoms with van der Waals surface area (Å²) in [6.07, 6.45) is 4.46. The zero-order chi connectivity index (χ0) is 14.9. The second-order valence-corrected chi connectivity index (χ2v) is 6.69. The Balaban J connectivity index is 1.50. The number of rotatable bonds is 4. The zero-order valence-electron chi connectivity index (χ0n) is 12.6. The Labute approximate surface area is 125 Å². The Kier molecular flexibility index (Phi) is 4.17. The van der Waals surface area contributed by atoms with Crippen LogP contribution in [0.3, 0.4) is 0 Å². The van der Waals surface area contributed by atoms with Crippen LogP contribution in [0.5, 0.6) is 0 Å². The van der Waals surface area contributed by atoms with E-state index in [4.69, 9.17) is 0 Å². The molecule has 0 spiro atoms. The number of likely N-dealkylation sites (tertiary alicyclic amines) is 3. The smallest absolute Gasteiger partial charge is 0.242 e. The third-order valence-corrected chi connectivity index (χ3v) is 4.90. The maximum Gasteiger partial charge on any atom is 0.242 e. The molecular weight excluding hydrogens is 270 g/mol. The first-order chi connectivity index (χ1) is 10.1. The second-order valence-electron chi connectivity index (χ2n) is 6.69. The minimum Gasteiger partial charge on any atom is -0.387 e. The van der Waals surface area contributed by atoms with Crippen LogP contribution < -0.4 is 0 Å². The van der Waals surface area contributed by atoms with E-state index in [0.29, 0.717) is 39.0 Å². The highest BCUT2D eigenvalue weighted by atomic mass is 16.3. The van der Waals surface area contributed by atoms with Crippen molar-refractivity contribution in [3.8, 4) is 0 Å². The molecule has 3 aliphatic heterocycles. The van der Waals surface area contributed by atoms with Gasteiger partial charge in [0.05, 0.1) is 18.7 Å². The maximum atomic E-state index is 12.3. The van der Waals surface area contributed by atoms with E-state index in [1.807, 2.05) is 0 Å². The van der Waals surface area contributed by atoms with Gasteiger partial charge in [-0.2, -0.15) is 0 Å². The summed E-state index contributed by atoms with van der Waals surface area (Å²) in [5, 5.41) is 10.7. The van der Waals surface area contributed by atoms with Crippen molar-refractivity contribution < 1.29 is 14.7 Å². The molecule has 1 atom stereocenters. The van der Waals surface area contributed by atoms with Crippen molar-refractivity contribution in [1.29, 1.82) is 0 Å². The molecule has 3 fully saturated rings. The quantitative estimate of drug-likeness (QED) is 0.771. The molecule has 118 valence electrons. The summed E-state index contributed by atoms with van der Waals surface area (Å²) in [7, 11) is 0. The number of aliphatic hydroxyl groups is 1. The molecule has 3 heterocycles. The molecule has 3 aliphatic rings. The summed E-state index contributed by atoms with van der Waals surface area (Å²) in [6.45, 7) is 4.65. The van der Waals surface area contributed by atoms with Gasteiger partial charge >= 0.3 is 0 Å². The molecule has 0 saturated carbocycles. The fourth-order valence-electron chi connectivity index (χ4n) is 3.69. The summed E-state index contributed by atoms with van der Waals surface area (Å²) >= 11 is 0. The molecule has 0 unspecified atom stereocenters. The van der Waals surface area contributed by atoms with Gasteiger partial charge in [0.1, 0.15) is 0 Å². The highest BCUT2D eigenvalue weighted by molar-refractivity contribution is 5.86. The van der Waals surface area contributed by atoms with Crippen LogP contribution in [0.4, 0.5) is 0 Å². The average molecular weight is 295 g/mol. The fourth-order valence-corrected chi connectivity index (χ4v) is 3.69. The van der Waals surface area contributed by atoms with Gasteiger partial charge < -0.3 is 19.8 Å². The Morgan fingerprint density at radius 3 is 2.57 bits per heavy atom. The highest BCUT2D eigenvalue weighted by Gasteiger charge is 2.40. The highest BCUT2D eigenvalue weighted by Crippen LogP contribution is 2.24. The zero-order valence-corrected chi connectivity index (χ0v) is 12.6. The van der Waals surface area contributed by atoms with Gasteiger partial charge in [-0.15, -0.1) is 0 Å². The lowest BCUT2D eigenvalue weighted by Gasteiger charge is -2.29. The predicted octanol–water partition coefficient (Wildman–Crippen LogP) is -0.332. The summed E-state index contributed by atoms with van der Waals surface area (Å²) in [5.74, 6) is 0.0532. The number of β-amino-alcohol motifs (C(OH)–C–C–N with tert-alkyl or cyclic N) is 1. The van der Waals surface area contributed by atoms with Crippen molar-refractivity contribution in [2.24, 2.45) is 0 Å². The summed E-state index contributed by atoms with van der Waals surface area (Å²) < 4.78 is 0. The van der Waals surface area contributed by atoms with E-state index in [0.717, 1.165) is 19.5 Å². The fraction of sp³-hybridized carbons (Fsp3) is 0.867. The Bertz CT molecular complexity index is 422. The van der Waals surface area contributed by atoms with E-state index in [9.17, 15) is 14.7 Å². The first kappa shape index (κ1) is 14.8. The second kappa shape index (κ2) is 5.93. The SMILES string of the molecule is O=C1CCCN1CC(=O)N1CC[C@](O)(CN2CCCC2)C1. The van der Waals surface area contributed by atoms with E-state index in [1.165, 1.54) is 12.8 Å². The largest absolute Gasteiger partial charge is 0.387 e. The number of hydrogen-bond acceptors (Lipinski definition) is 4. The molecule has 3 rings (SSSR count).